The minimum Gasteiger partial charge on any atom is -0.316 e. The van der Waals surface area contributed by atoms with Crippen LogP contribution in [0.5, 0.6) is 0 Å². The largest absolute Gasteiger partial charge is 0.316 e. The smallest absolute Gasteiger partial charge is 0.128 e. The first-order valence-corrected chi connectivity index (χ1v) is 6.77. The van der Waals surface area contributed by atoms with Gasteiger partial charge in [0, 0.05) is 10.6 Å². The van der Waals surface area contributed by atoms with Gasteiger partial charge in [-0.2, -0.15) is 0 Å². The lowest BCUT2D eigenvalue weighted by atomic mass is 10.1. The Hall–Kier alpha value is -0.860. The van der Waals surface area contributed by atoms with Crippen molar-refractivity contribution in [1.82, 2.24) is 5.32 Å². The van der Waals surface area contributed by atoms with Crippen LogP contribution in [0.3, 0.4) is 0 Å². The molecule has 0 aromatic heterocycles. The number of halogens is 2. The minimum absolute atomic E-state index is 0.231. The number of benzene rings is 1. The summed E-state index contributed by atoms with van der Waals surface area (Å²) in [5.41, 5.74) is 0.575. The van der Waals surface area contributed by atoms with Gasteiger partial charge >= 0.3 is 0 Å². The fraction of sp³-hybridized carbons (Fsp3) is 0.467. The molecule has 0 fully saturated rings. The molecular formula is C15H21ClFN. The molecule has 1 N–H and O–H groups in total. The van der Waals surface area contributed by atoms with E-state index in [4.69, 9.17) is 11.6 Å². The van der Waals surface area contributed by atoms with E-state index in [0.29, 0.717) is 22.9 Å². The van der Waals surface area contributed by atoms with Crippen molar-refractivity contribution in [3.05, 3.63) is 46.8 Å². The van der Waals surface area contributed by atoms with Gasteiger partial charge in [0.25, 0.3) is 0 Å². The van der Waals surface area contributed by atoms with E-state index < -0.39 is 0 Å². The van der Waals surface area contributed by atoms with Crippen LogP contribution in [0.25, 0.3) is 0 Å². The maximum Gasteiger partial charge on any atom is 0.128 e. The normalized spacial score (nSPS) is 11.6. The predicted molar refractivity (Wildman–Crippen MR) is 76.6 cm³/mol. The second-order valence-electron chi connectivity index (χ2n) is 4.76. The molecule has 0 saturated heterocycles. The Labute approximate surface area is 114 Å². The van der Waals surface area contributed by atoms with Crippen molar-refractivity contribution in [2.75, 3.05) is 13.1 Å². The highest BCUT2D eigenvalue weighted by atomic mass is 35.5. The summed E-state index contributed by atoms with van der Waals surface area (Å²) >= 11 is 5.94. The topological polar surface area (TPSA) is 12.0 Å². The second-order valence-corrected chi connectivity index (χ2v) is 5.17. The second kappa shape index (κ2) is 8.28. The highest BCUT2D eigenvalue weighted by molar-refractivity contribution is 6.31. The van der Waals surface area contributed by atoms with Crippen molar-refractivity contribution in [2.45, 2.75) is 26.7 Å². The van der Waals surface area contributed by atoms with E-state index in [9.17, 15) is 4.39 Å². The number of rotatable bonds is 7. The lowest BCUT2D eigenvalue weighted by molar-refractivity contribution is 0.556. The number of nitrogens with one attached hydrogen (secondary N) is 1. The van der Waals surface area contributed by atoms with Gasteiger partial charge in [0.2, 0.25) is 0 Å². The van der Waals surface area contributed by atoms with Crippen molar-refractivity contribution < 1.29 is 4.39 Å². The van der Waals surface area contributed by atoms with E-state index >= 15 is 0 Å². The summed E-state index contributed by atoms with van der Waals surface area (Å²) in [4.78, 5) is 0. The molecule has 3 heteroatoms. The lowest BCUT2D eigenvalue weighted by Crippen LogP contribution is -2.20. The third-order valence-corrected chi connectivity index (χ3v) is 2.94. The first-order valence-electron chi connectivity index (χ1n) is 6.40. The molecule has 18 heavy (non-hydrogen) atoms. The molecule has 1 nitrogen and oxygen atoms in total. The molecule has 100 valence electrons. The fourth-order valence-electron chi connectivity index (χ4n) is 1.62. The zero-order chi connectivity index (χ0) is 13.4. The van der Waals surface area contributed by atoms with Gasteiger partial charge in [0.05, 0.1) is 0 Å². The van der Waals surface area contributed by atoms with Crippen LogP contribution in [-0.4, -0.2) is 13.1 Å². The first kappa shape index (κ1) is 15.2. The maximum absolute atomic E-state index is 13.4. The molecule has 0 radical (unpaired) electrons. The van der Waals surface area contributed by atoms with E-state index in [1.165, 1.54) is 6.07 Å². The Balaban J connectivity index is 2.28. The monoisotopic (exact) mass is 269 g/mol. The van der Waals surface area contributed by atoms with E-state index in [1.807, 2.05) is 6.08 Å². The quantitative estimate of drug-likeness (QED) is 0.577. The van der Waals surface area contributed by atoms with Gasteiger partial charge in [0.15, 0.2) is 0 Å². The van der Waals surface area contributed by atoms with Crippen LogP contribution in [0.2, 0.25) is 5.02 Å². The molecule has 1 rings (SSSR count). The SMILES string of the molecule is CC(C)CNCCC=CCc1c(F)cccc1Cl. The summed E-state index contributed by atoms with van der Waals surface area (Å²) in [6, 6.07) is 4.79. The van der Waals surface area contributed by atoms with Gasteiger partial charge < -0.3 is 5.32 Å². The van der Waals surface area contributed by atoms with Crippen molar-refractivity contribution in [3.63, 3.8) is 0 Å². The summed E-state index contributed by atoms with van der Waals surface area (Å²) in [7, 11) is 0. The highest BCUT2D eigenvalue weighted by Gasteiger charge is 2.03. The Bertz CT molecular complexity index is 368. The highest BCUT2D eigenvalue weighted by Crippen LogP contribution is 2.19. The molecule has 1 aromatic rings. The van der Waals surface area contributed by atoms with Crippen LogP contribution >= 0.6 is 11.6 Å². The molecule has 0 heterocycles. The summed E-state index contributed by atoms with van der Waals surface area (Å²) in [5.74, 6) is 0.441. The predicted octanol–water partition coefficient (Wildman–Crippen LogP) is 4.21. The number of allylic oxidation sites excluding steroid dienone is 1. The van der Waals surface area contributed by atoms with Gasteiger partial charge in [-0.05, 0) is 44.0 Å². The van der Waals surface area contributed by atoms with Gasteiger partial charge in [-0.3, -0.25) is 0 Å². The average molecular weight is 270 g/mol. The zero-order valence-electron chi connectivity index (χ0n) is 11.0. The van der Waals surface area contributed by atoms with E-state index in [0.717, 1.165) is 19.5 Å². The summed E-state index contributed by atoms with van der Waals surface area (Å²) in [6.45, 7) is 6.36. The molecule has 0 spiro atoms. The molecule has 0 unspecified atom stereocenters. The van der Waals surface area contributed by atoms with Crippen molar-refractivity contribution >= 4 is 11.6 Å². The molecule has 0 saturated carbocycles. The maximum atomic E-state index is 13.4. The van der Waals surface area contributed by atoms with Crippen molar-refractivity contribution in [3.8, 4) is 0 Å². The van der Waals surface area contributed by atoms with E-state index in [-0.39, 0.29) is 5.82 Å². The van der Waals surface area contributed by atoms with Crippen LogP contribution in [0.1, 0.15) is 25.8 Å². The molecule has 1 aromatic carbocycles. The Morgan fingerprint density at radius 1 is 1.33 bits per heavy atom. The van der Waals surface area contributed by atoms with Crippen LogP contribution in [0.4, 0.5) is 4.39 Å². The molecule has 0 aliphatic carbocycles. The molecule has 0 bridgehead atoms. The van der Waals surface area contributed by atoms with Crippen LogP contribution < -0.4 is 5.32 Å². The minimum atomic E-state index is -0.231. The Morgan fingerprint density at radius 2 is 2.11 bits per heavy atom. The van der Waals surface area contributed by atoms with Crippen LogP contribution in [-0.2, 0) is 6.42 Å². The zero-order valence-corrected chi connectivity index (χ0v) is 11.8. The van der Waals surface area contributed by atoms with Crippen molar-refractivity contribution in [1.29, 1.82) is 0 Å². The summed E-state index contributed by atoms with van der Waals surface area (Å²) in [6.07, 6.45) is 5.55. The lowest BCUT2D eigenvalue weighted by Gasteiger charge is -2.05. The van der Waals surface area contributed by atoms with Crippen molar-refractivity contribution in [2.24, 2.45) is 5.92 Å². The average Bonchev–Trinajstić information content (AvgIpc) is 2.30. The number of hydrogen-bond donors (Lipinski definition) is 1. The fourth-order valence-corrected chi connectivity index (χ4v) is 1.86. The summed E-state index contributed by atoms with van der Waals surface area (Å²) in [5, 5.41) is 3.85. The Kier molecular flexibility index (Phi) is 6.99. The molecule has 0 aliphatic heterocycles. The molecular weight excluding hydrogens is 249 g/mol. The third-order valence-electron chi connectivity index (χ3n) is 2.59. The molecule has 0 atom stereocenters. The third kappa shape index (κ3) is 5.65. The molecule has 0 amide bonds. The van der Waals surface area contributed by atoms with Gasteiger partial charge in [-0.25, -0.2) is 4.39 Å². The van der Waals surface area contributed by atoms with Gasteiger partial charge in [-0.1, -0.05) is 43.7 Å². The van der Waals surface area contributed by atoms with E-state index in [1.54, 1.807) is 12.1 Å². The van der Waals surface area contributed by atoms with Crippen LogP contribution in [0.15, 0.2) is 30.4 Å². The first-order chi connectivity index (χ1) is 8.61. The number of hydrogen-bond acceptors (Lipinski definition) is 1. The standard InChI is InChI=1S/C15H21ClFN/c1-12(2)11-18-10-5-3-4-7-13-14(16)8-6-9-15(13)17/h3-4,6,8-9,12,18H,5,7,10-11H2,1-2H3. The Morgan fingerprint density at radius 3 is 2.78 bits per heavy atom. The molecule has 0 aliphatic rings. The summed E-state index contributed by atoms with van der Waals surface area (Å²) < 4.78 is 13.4. The van der Waals surface area contributed by atoms with Gasteiger partial charge in [-0.15, -0.1) is 0 Å². The van der Waals surface area contributed by atoms with E-state index in [2.05, 4.69) is 25.2 Å². The van der Waals surface area contributed by atoms with Gasteiger partial charge in [0.1, 0.15) is 5.82 Å². The van der Waals surface area contributed by atoms with Crippen LogP contribution in [0, 0.1) is 11.7 Å².